The van der Waals surface area contributed by atoms with Crippen LogP contribution in [0.3, 0.4) is 0 Å². The monoisotopic (exact) mass is 415 g/mol. The second-order valence-electron chi connectivity index (χ2n) is 5.18. The molecule has 0 bridgehead atoms. The van der Waals surface area contributed by atoms with E-state index in [4.69, 9.17) is 0 Å². The fourth-order valence-corrected chi connectivity index (χ4v) is 2.71. The van der Waals surface area contributed by atoms with Gasteiger partial charge >= 0.3 is 6.18 Å². The molecular formula is C16H10BrF4N3O. The molecule has 130 valence electrons. The van der Waals surface area contributed by atoms with E-state index in [1.165, 1.54) is 24.3 Å². The molecule has 1 amide bonds. The van der Waals surface area contributed by atoms with E-state index < -0.39 is 30.3 Å². The van der Waals surface area contributed by atoms with E-state index in [0.29, 0.717) is 4.47 Å². The van der Waals surface area contributed by atoms with Gasteiger partial charge in [-0.25, -0.2) is 9.37 Å². The first-order valence-corrected chi connectivity index (χ1v) is 7.82. The number of amides is 1. The van der Waals surface area contributed by atoms with E-state index in [-0.39, 0.29) is 16.7 Å². The lowest BCUT2D eigenvalue weighted by atomic mass is 10.3. The van der Waals surface area contributed by atoms with Crippen molar-refractivity contribution in [1.29, 1.82) is 0 Å². The number of hydrogen-bond donors (Lipinski definition) is 1. The van der Waals surface area contributed by atoms with Gasteiger partial charge in [-0.15, -0.1) is 0 Å². The van der Waals surface area contributed by atoms with Crippen LogP contribution in [0.25, 0.3) is 11.0 Å². The zero-order valence-corrected chi connectivity index (χ0v) is 14.0. The van der Waals surface area contributed by atoms with Crippen molar-refractivity contribution < 1.29 is 22.4 Å². The van der Waals surface area contributed by atoms with E-state index in [9.17, 15) is 22.4 Å². The van der Waals surface area contributed by atoms with Crippen molar-refractivity contribution in [3.05, 3.63) is 58.6 Å². The molecule has 2 aromatic carbocycles. The Balaban J connectivity index is 1.93. The number of para-hydroxylation sites is 2. The van der Waals surface area contributed by atoms with Crippen LogP contribution in [-0.4, -0.2) is 15.5 Å². The summed E-state index contributed by atoms with van der Waals surface area (Å²) in [5.74, 6) is -2.68. The number of rotatable bonds is 3. The van der Waals surface area contributed by atoms with E-state index in [1.807, 2.05) is 0 Å². The number of fused-ring (bicyclic) bond motifs is 1. The number of alkyl halides is 3. The third-order valence-electron chi connectivity index (χ3n) is 3.42. The Morgan fingerprint density at radius 1 is 1.20 bits per heavy atom. The van der Waals surface area contributed by atoms with Crippen LogP contribution < -0.4 is 5.32 Å². The number of carbonyl (C=O) groups is 1. The van der Waals surface area contributed by atoms with Gasteiger partial charge in [-0.1, -0.05) is 28.1 Å². The van der Waals surface area contributed by atoms with Crippen molar-refractivity contribution in [3.8, 4) is 0 Å². The lowest BCUT2D eigenvalue weighted by molar-refractivity contribution is -0.147. The number of anilines is 1. The van der Waals surface area contributed by atoms with E-state index >= 15 is 0 Å². The van der Waals surface area contributed by atoms with E-state index in [0.717, 1.165) is 10.6 Å². The molecule has 9 heteroatoms. The van der Waals surface area contributed by atoms with Gasteiger partial charge in [0, 0.05) is 4.47 Å². The molecule has 0 saturated carbocycles. The minimum atomic E-state index is -4.72. The number of halogens is 5. The quantitative estimate of drug-likeness (QED) is 0.635. The largest absolute Gasteiger partial charge is 0.449 e. The minimum absolute atomic E-state index is 0.119. The van der Waals surface area contributed by atoms with Crippen LogP contribution in [0.2, 0.25) is 0 Å². The maximum absolute atomic E-state index is 13.8. The number of hydrogen-bond acceptors (Lipinski definition) is 2. The Morgan fingerprint density at radius 2 is 1.92 bits per heavy atom. The lowest BCUT2D eigenvalue weighted by Crippen LogP contribution is -2.23. The first-order valence-electron chi connectivity index (χ1n) is 7.03. The lowest BCUT2D eigenvalue weighted by Gasteiger charge is -2.12. The Labute approximate surface area is 147 Å². The molecule has 4 nitrogen and oxygen atoms in total. The topological polar surface area (TPSA) is 46.9 Å². The molecule has 1 heterocycles. The number of carbonyl (C=O) groups excluding carboxylic acids is 1. The van der Waals surface area contributed by atoms with Gasteiger partial charge in [-0.2, -0.15) is 13.2 Å². The molecule has 0 atom stereocenters. The third-order valence-corrected chi connectivity index (χ3v) is 3.91. The fraction of sp³-hybridized carbons (Fsp3) is 0.125. The summed E-state index contributed by atoms with van der Waals surface area (Å²) in [6, 6.07) is 9.92. The van der Waals surface area contributed by atoms with Crippen LogP contribution >= 0.6 is 15.9 Å². The SMILES string of the molecule is O=C(Cn1c(C(F)(F)F)nc2ccccc21)Nc1ccc(Br)cc1F. The first kappa shape index (κ1) is 17.4. The summed E-state index contributed by atoms with van der Waals surface area (Å²) in [7, 11) is 0. The van der Waals surface area contributed by atoms with Gasteiger partial charge in [0.25, 0.3) is 0 Å². The van der Waals surface area contributed by atoms with Crippen LogP contribution in [-0.2, 0) is 17.5 Å². The average Bonchev–Trinajstić information content (AvgIpc) is 2.89. The van der Waals surface area contributed by atoms with Gasteiger partial charge in [-0.05, 0) is 30.3 Å². The molecule has 0 saturated heterocycles. The van der Waals surface area contributed by atoms with E-state index in [2.05, 4.69) is 26.2 Å². The molecule has 0 aliphatic carbocycles. The molecule has 0 spiro atoms. The van der Waals surface area contributed by atoms with Crippen molar-refractivity contribution in [2.75, 3.05) is 5.32 Å². The number of nitrogens with one attached hydrogen (secondary N) is 1. The highest BCUT2D eigenvalue weighted by atomic mass is 79.9. The summed E-state index contributed by atoms with van der Waals surface area (Å²) in [4.78, 5) is 15.7. The molecule has 0 fully saturated rings. The summed E-state index contributed by atoms with van der Waals surface area (Å²) in [6.07, 6.45) is -4.72. The highest BCUT2D eigenvalue weighted by Crippen LogP contribution is 2.31. The number of nitrogens with zero attached hydrogens (tertiary/aromatic N) is 2. The molecule has 0 radical (unpaired) electrons. The summed E-state index contributed by atoms with van der Waals surface area (Å²) < 4.78 is 54.6. The van der Waals surface area contributed by atoms with Crippen molar-refractivity contribution >= 4 is 38.6 Å². The summed E-state index contributed by atoms with van der Waals surface area (Å²) in [6.45, 7) is -0.648. The smallest absolute Gasteiger partial charge is 0.322 e. The number of benzene rings is 2. The first-order chi connectivity index (χ1) is 11.8. The van der Waals surface area contributed by atoms with Gasteiger partial charge in [0.1, 0.15) is 12.4 Å². The Morgan fingerprint density at radius 3 is 2.60 bits per heavy atom. The van der Waals surface area contributed by atoms with Crippen molar-refractivity contribution in [3.63, 3.8) is 0 Å². The number of imidazole rings is 1. The maximum Gasteiger partial charge on any atom is 0.449 e. The zero-order chi connectivity index (χ0) is 18.2. The second-order valence-corrected chi connectivity index (χ2v) is 6.10. The zero-order valence-electron chi connectivity index (χ0n) is 12.4. The predicted molar refractivity (Wildman–Crippen MR) is 87.5 cm³/mol. The van der Waals surface area contributed by atoms with Gasteiger partial charge in [-0.3, -0.25) is 4.79 Å². The predicted octanol–water partition coefficient (Wildman–Crippen LogP) is 4.60. The minimum Gasteiger partial charge on any atom is -0.322 e. The molecule has 25 heavy (non-hydrogen) atoms. The van der Waals surface area contributed by atoms with Gasteiger partial charge in [0.15, 0.2) is 0 Å². The summed E-state index contributed by atoms with van der Waals surface area (Å²) >= 11 is 3.08. The summed E-state index contributed by atoms with van der Waals surface area (Å²) in [5, 5.41) is 2.27. The Hall–Kier alpha value is -2.42. The van der Waals surface area contributed by atoms with Crippen molar-refractivity contribution in [1.82, 2.24) is 9.55 Å². The molecule has 3 aromatic rings. The fourth-order valence-electron chi connectivity index (χ4n) is 2.38. The standard InChI is InChI=1S/C16H10BrF4N3O/c17-9-5-6-11(10(18)7-9)22-14(25)8-24-13-4-2-1-3-12(13)23-15(24)16(19,20)21/h1-7H,8H2,(H,22,25). The Kier molecular flexibility index (Phi) is 4.51. The number of aromatic nitrogens is 2. The van der Waals surface area contributed by atoms with Crippen LogP contribution in [0.15, 0.2) is 46.9 Å². The highest BCUT2D eigenvalue weighted by Gasteiger charge is 2.38. The molecular weight excluding hydrogens is 406 g/mol. The second kappa shape index (κ2) is 6.47. The van der Waals surface area contributed by atoms with E-state index in [1.54, 1.807) is 12.1 Å². The van der Waals surface area contributed by atoms with Crippen LogP contribution in [0, 0.1) is 5.82 Å². The molecule has 1 aromatic heterocycles. The van der Waals surface area contributed by atoms with Crippen LogP contribution in [0.4, 0.5) is 23.2 Å². The van der Waals surface area contributed by atoms with Crippen molar-refractivity contribution in [2.45, 2.75) is 12.7 Å². The average molecular weight is 416 g/mol. The third kappa shape index (κ3) is 3.65. The van der Waals surface area contributed by atoms with Crippen molar-refractivity contribution in [2.24, 2.45) is 0 Å². The Bertz CT molecular complexity index is 952. The molecule has 0 unspecified atom stereocenters. The normalized spacial score (nSPS) is 11.7. The van der Waals surface area contributed by atoms with Crippen LogP contribution in [0.1, 0.15) is 5.82 Å². The summed E-state index contributed by atoms with van der Waals surface area (Å²) in [5.41, 5.74) is 0.171. The highest BCUT2D eigenvalue weighted by molar-refractivity contribution is 9.10. The van der Waals surface area contributed by atoms with Gasteiger partial charge in [0.2, 0.25) is 11.7 Å². The molecule has 3 rings (SSSR count). The van der Waals surface area contributed by atoms with Crippen LogP contribution in [0.5, 0.6) is 0 Å². The maximum atomic E-state index is 13.8. The van der Waals surface area contributed by atoms with Gasteiger partial charge in [0.05, 0.1) is 16.7 Å². The molecule has 1 N–H and O–H groups in total. The van der Waals surface area contributed by atoms with Gasteiger partial charge < -0.3 is 9.88 Å². The molecule has 0 aliphatic rings. The molecule has 0 aliphatic heterocycles.